The summed E-state index contributed by atoms with van der Waals surface area (Å²) >= 11 is 0. The molecule has 0 radical (unpaired) electrons. The number of rotatable bonds is 5. The van der Waals surface area contributed by atoms with Crippen molar-refractivity contribution in [3.8, 4) is 11.5 Å². The molecule has 2 rings (SSSR count). The summed E-state index contributed by atoms with van der Waals surface area (Å²) in [5.74, 6) is 3.00. The number of aryl methyl sites for hydroxylation is 1. The summed E-state index contributed by atoms with van der Waals surface area (Å²) in [6.45, 7) is 6.77. The monoisotopic (exact) mass is 291 g/mol. The molecule has 0 saturated heterocycles. The topological polar surface area (TPSA) is 30.5 Å². The highest BCUT2D eigenvalue weighted by Gasteiger charge is 2.35. The van der Waals surface area contributed by atoms with E-state index in [0.29, 0.717) is 12.0 Å². The molecule has 0 heterocycles. The Hall–Kier alpha value is -1.22. The van der Waals surface area contributed by atoms with E-state index in [-0.39, 0.29) is 6.10 Å². The third-order valence-electron chi connectivity index (χ3n) is 4.66. The number of hydrogen-bond acceptors (Lipinski definition) is 3. The molecule has 1 aromatic carbocycles. The molecule has 1 aromatic rings. The molecule has 0 aliphatic heterocycles. The zero-order chi connectivity index (χ0) is 15.4. The van der Waals surface area contributed by atoms with Crippen molar-refractivity contribution in [1.29, 1.82) is 0 Å². The Labute approximate surface area is 129 Å². The van der Waals surface area contributed by atoms with Gasteiger partial charge < -0.3 is 14.8 Å². The molecule has 3 nitrogen and oxygen atoms in total. The molecular formula is C18H29NO2. The molecule has 1 aliphatic carbocycles. The van der Waals surface area contributed by atoms with E-state index in [1.807, 2.05) is 7.05 Å². The van der Waals surface area contributed by atoms with Gasteiger partial charge >= 0.3 is 0 Å². The van der Waals surface area contributed by atoms with E-state index in [1.165, 1.54) is 18.4 Å². The molecule has 1 aliphatic rings. The van der Waals surface area contributed by atoms with E-state index in [0.717, 1.165) is 23.8 Å². The molecule has 0 aromatic heterocycles. The van der Waals surface area contributed by atoms with Crippen molar-refractivity contribution in [3.05, 3.63) is 23.8 Å². The Morgan fingerprint density at radius 1 is 1.19 bits per heavy atom. The highest BCUT2D eigenvalue weighted by molar-refractivity contribution is 5.43. The van der Waals surface area contributed by atoms with Gasteiger partial charge in [0.2, 0.25) is 0 Å². The lowest BCUT2D eigenvalue weighted by atomic mass is 9.78. The second-order valence-electron chi connectivity index (χ2n) is 6.37. The summed E-state index contributed by atoms with van der Waals surface area (Å²) in [5, 5.41) is 3.43. The van der Waals surface area contributed by atoms with Gasteiger partial charge in [-0.1, -0.05) is 26.8 Å². The van der Waals surface area contributed by atoms with Crippen molar-refractivity contribution >= 4 is 0 Å². The van der Waals surface area contributed by atoms with Gasteiger partial charge in [-0.2, -0.15) is 0 Å². The van der Waals surface area contributed by atoms with Gasteiger partial charge in [0, 0.05) is 6.04 Å². The Kier molecular flexibility index (Phi) is 5.51. The molecule has 1 saturated carbocycles. The third-order valence-corrected chi connectivity index (χ3v) is 4.66. The lowest BCUT2D eigenvalue weighted by Crippen LogP contribution is -2.49. The molecule has 118 valence electrons. The average molecular weight is 291 g/mol. The van der Waals surface area contributed by atoms with Crippen LogP contribution in [0, 0.1) is 11.8 Å². The first kappa shape index (κ1) is 16.2. The zero-order valence-corrected chi connectivity index (χ0v) is 14.0. The van der Waals surface area contributed by atoms with E-state index in [4.69, 9.17) is 9.47 Å². The van der Waals surface area contributed by atoms with Crippen LogP contribution in [0.1, 0.15) is 39.2 Å². The quantitative estimate of drug-likeness (QED) is 0.898. The van der Waals surface area contributed by atoms with Gasteiger partial charge in [0.1, 0.15) is 6.10 Å². The van der Waals surface area contributed by atoms with E-state index < -0.39 is 0 Å². The minimum atomic E-state index is 0.201. The molecule has 21 heavy (non-hydrogen) atoms. The van der Waals surface area contributed by atoms with Crippen LogP contribution in [0.15, 0.2) is 18.2 Å². The highest BCUT2D eigenvalue weighted by atomic mass is 16.5. The molecule has 0 bridgehead atoms. The lowest BCUT2D eigenvalue weighted by molar-refractivity contribution is 0.0486. The Bertz CT molecular complexity index is 461. The van der Waals surface area contributed by atoms with Crippen molar-refractivity contribution in [3.63, 3.8) is 0 Å². The largest absolute Gasteiger partial charge is 0.493 e. The molecule has 1 fully saturated rings. The lowest BCUT2D eigenvalue weighted by Gasteiger charge is -2.39. The predicted molar refractivity (Wildman–Crippen MR) is 87.2 cm³/mol. The maximum atomic E-state index is 6.35. The van der Waals surface area contributed by atoms with E-state index in [1.54, 1.807) is 7.11 Å². The number of hydrogen-bond donors (Lipinski definition) is 1. The van der Waals surface area contributed by atoms with Gasteiger partial charge in [-0.3, -0.25) is 0 Å². The standard InChI is InChI=1S/C18H29NO2/c1-6-14-7-8-16(17(11-14)20-5)21-18-13(3)9-12(2)10-15(18)19-4/h7-8,11-13,15,18-19H,6,9-10H2,1-5H3. The van der Waals surface area contributed by atoms with Crippen molar-refractivity contribution in [2.75, 3.05) is 14.2 Å². The van der Waals surface area contributed by atoms with E-state index in [2.05, 4.69) is 44.3 Å². The zero-order valence-electron chi connectivity index (χ0n) is 14.0. The van der Waals surface area contributed by atoms with Crippen LogP contribution in [0.25, 0.3) is 0 Å². The summed E-state index contributed by atoms with van der Waals surface area (Å²) in [6, 6.07) is 6.66. The maximum Gasteiger partial charge on any atom is 0.161 e. The molecule has 4 unspecified atom stereocenters. The summed E-state index contributed by atoms with van der Waals surface area (Å²) in [6.07, 6.45) is 3.60. The predicted octanol–water partition coefficient (Wildman–Crippen LogP) is 3.66. The smallest absolute Gasteiger partial charge is 0.161 e. The van der Waals surface area contributed by atoms with Crippen molar-refractivity contribution in [1.82, 2.24) is 5.32 Å². The summed E-state index contributed by atoms with van der Waals surface area (Å²) in [5.41, 5.74) is 1.27. The maximum absolute atomic E-state index is 6.35. The van der Waals surface area contributed by atoms with Gasteiger partial charge in [-0.25, -0.2) is 0 Å². The first-order chi connectivity index (χ1) is 10.1. The van der Waals surface area contributed by atoms with Crippen LogP contribution in [-0.2, 0) is 6.42 Å². The molecular weight excluding hydrogens is 262 g/mol. The Morgan fingerprint density at radius 3 is 2.57 bits per heavy atom. The SMILES string of the molecule is CCc1ccc(OC2C(C)CC(C)CC2NC)c(OC)c1. The molecule has 0 spiro atoms. The average Bonchev–Trinajstić information content (AvgIpc) is 2.49. The van der Waals surface area contributed by atoms with Crippen LogP contribution in [0.3, 0.4) is 0 Å². The van der Waals surface area contributed by atoms with Crippen LogP contribution < -0.4 is 14.8 Å². The number of benzene rings is 1. The third kappa shape index (κ3) is 3.70. The first-order valence-corrected chi connectivity index (χ1v) is 8.09. The second kappa shape index (κ2) is 7.17. The van der Waals surface area contributed by atoms with Crippen molar-refractivity contribution < 1.29 is 9.47 Å². The first-order valence-electron chi connectivity index (χ1n) is 8.09. The highest BCUT2D eigenvalue weighted by Crippen LogP contribution is 2.35. The number of methoxy groups -OCH3 is 1. The van der Waals surface area contributed by atoms with E-state index in [9.17, 15) is 0 Å². The van der Waals surface area contributed by atoms with Crippen LogP contribution >= 0.6 is 0 Å². The number of likely N-dealkylation sites (N-methyl/N-ethyl adjacent to an activating group) is 1. The van der Waals surface area contributed by atoms with Crippen LogP contribution in [-0.4, -0.2) is 26.3 Å². The second-order valence-corrected chi connectivity index (χ2v) is 6.37. The van der Waals surface area contributed by atoms with Crippen LogP contribution in [0.2, 0.25) is 0 Å². The van der Waals surface area contributed by atoms with Crippen molar-refractivity contribution in [2.24, 2.45) is 11.8 Å². The Morgan fingerprint density at radius 2 is 1.95 bits per heavy atom. The van der Waals surface area contributed by atoms with Gasteiger partial charge in [0.25, 0.3) is 0 Å². The van der Waals surface area contributed by atoms with Gasteiger partial charge in [0.15, 0.2) is 11.5 Å². The fourth-order valence-corrected chi connectivity index (χ4v) is 3.49. The molecule has 3 heteroatoms. The van der Waals surface area contributed by atoms with Crippen molar-refractivity contribution in [2.45, 2.75) is 52.2 Å². The van der Waals surface area contributed by atoms with Crippen LogP contribution in [0.4, 0.5) is 0 Å². The minimum absolute atomic E-state index is 0.201. The fraction of sp³-hybridized carbons (Fsp3) is 0.667. The molecule has 1 N–H and O–H groups in total. The van der Waals surface area contributed by atoms with Gasteiger partial charge in [-0.05, 0) is 55.8 Å². The number of ether oxygens (including phenoxy) is 2. The molecule has 0 amide bonds. The normalized spacial score (nSPS) is 29.2. The summed E-state index contributed by atoms with van der Waals surface area (Å²) in [7, 11) is 3.74. The van der Waals surface area contributed by atoms with Gasteiger partial charge in [-0.15, -0.1) is 0 Å². The fourth-order valence-electron chi connectivity index (χ4n) is 3.49. The van der Waals surface area contributed by atoms with Crippen LogP contribution in [0.5, 0.6) is 11.5 Å². The molecule has 4 atom stereocenters. The minimum Gasteiger partial charge on any atom is -0.493 e. The Balaban J connectivity index is 2.19. The number of nitrogens with one attached hydrogen (secondary N) is 1. The summed E-state index contributed by atoms with van der Waals surface area (Å²) < 4.78 is 11.9. The summed E-state index contributed by atoms with van der Waals surface area (Å²) in [4.78, 5) is 0. The van der Waals surface area contributed by atoms with Gasteiger partial charge in [0.05, 0.1) is 7.11 Å². The van der Waals surface area contributed by atoms with E-state index >= 15 is 0 Å².